The van der Waals surface area contributed by atoms with Gasteiger partial charge in [-0.25, -0.2) is 4.98 Å². The van der Waals surface area contributed by atoms with Crippen molar-refractivity contribution in [1.29, 1.82) is 0 Å². The Morgan fingerprint density at radius 1 is 1.14 bits per heavy atom. The van der Waals surface area contributed by atoms with Gasteiger partial charge in [-0.05, 0) is 56.5 Å². The number of nitrogens with one attached hydrogen (secondary N) is 1. The number of piperazine rings is 1. The zero-order valence-electron chi connectivity index (χ0n) is 22.7. The molecular formula is C28H43N5O2. The Morgan fingerprint density at radius 2 is 1.80 bits per heavy atom. The summed E-state index contributed by atoms with van der Waals surface area (Å²) in [5, 5.41) is 23.0. The lowest BCUT2D eigenvalue weighted by Crippen LogP contribution is -2.76. The van der Waals surface area contributed by atoms with Crippen LogP contribution in [0.3, 0.4) is 0 Å². The summed E-state index contributed by atoms with van der Waals surface area (Å²) in [7, 11) is 0. The van der Waals surface area contributed by atoms with Crippen molar-refractivity contribution in [2.75, 3.05) is 31.2 Å². The van der Waals surface area contributed by atoms with E-state index in [0.29, 0.717) is 24.6 Å². The molecule has 2 N–H and O–H groups in total. The number of aromatic nitrogens is 3. The summed E-state index contributed by atoms with van der Waals surface area (Å²) in [5.74, 6) is 0.940. The van der Waals surface area contributed by atoms with Gasteiger partial charge in [0.1, 0.15) is 17.1 Å². The van der Waals surface area contributed by atoms with Crippen LogP contribution in [0.4, 0.5) is 5.82 Å². The van der Waals surface area contributed by atoms with E-state index in [-0.39, 0.29) is 16.8 Å². The van der Waals surface area contributed by atoms with E-state index >= 15 is 0 Å². The summed E-state index contributed by atoms with van der Waals surface area (Å²) in [6.45, 7) is 19.6. The van der Waals surface area contributed by atoms with E-state index in [2.05, 4.69) is 65.1 Å². The minimum Gasteiger partial charge on any atom is -0.506 e. The Hall–Kier alpha value is -2.95. The van der Waals surface area contributed by atoms with Crippen LogP contribution in [0.5, 0.6) is 5.75 Å². The molecule has 0 bridgehead atoms. The van der Waals surface area contributed by atoms with Crippen LogP contribution in [-0.2, 0) is 4.74 Å². The Bertz CT molecular complexity index is 963. The first-order valence-corrected chi connectivity index (χ1v) is 12.5. The van der Waals surface area contributed by atoms with Crippen molar-refractivity contribution in [3.8, 4) is 30.0 Å². The molecule has 35 heavy (non-hydrogen) atoms. The molecule has 2 fully saturated rings. The number of aromatic hydroxyl groups is 1. The molecule has 2 aliphatic heterocycles. The fourth-order valence-corrected chi connectivity index (χ4v) is 4.28. The van der Waals surface area contributed by atoms with Crippen molar-refractivity contribution < 1.29 is 9.84 Å². The van der Waals surface area contributed by atoms with Crippen LogP contribution in [0, 0.1) is 12.8 Å². The number of nitrogens with zero attached hydrogens (tertiary/aromatic N) is 4. The van der Waals surface area contributed by atoms with Crippen LogP contribution >= 0.6 is 0 Å². The number of ether oxygens (including phenoxy) is 1. The quantitative estimate of drug-likeness (QED) is 0.572. The van der Waals surface area contributed by atoms with Crippen LogP contribution in [0.25, 0.3) is 17.0 Å². The number of terminal acetylenes is 1. The van der Waals surface area contributed by atoms with Crippen LogP contribution < -0.4 is 10.2 Å². The van der Waals surface area contributed by atoms with Crippen molar-refractivity contribution in [2.45, 2.75) is 72.9 Å². The average Bonchev–Trinajstić information content (AvgIpc) is 2.86. The lowest BCUT2D eigenvalue weighted by molar-refractivity contribution is -0.0897. The Balaban J connectivity index is 0.000000949. The van der Waals surface area contributed by atoms with E-state index in [1.807, 2.05) is 46.8 Å². The van der Waals surface area contributed by atoms with Gasteiger partial charge in [0.15, 0.2) is 5.82 Å². The maximum Gasteiger partial charge on any atom is 0.151 e. The molecule has 0 radical (unpaired) electrons. The van der Waals surface area contributed by atoms with Gasteiger partial charge >= 0.3 is 0 Å². The number of anilines is 1. The predicted octanol–water partition coefficient (Wildman–Crippen LogP) is 5.32. The molecule has 0 atom stereocenters. The lowest BCUT2D eigenvalue weighted by Gasteiger charge is -2.55. The molecule has 0 aliphatic carbocycles. The number of allylic oxidation sites excluding steroid dienone is 2. The first-order valence-electron chi connectivity index (χ1n) is 12.5. The summed E-state index contributed by atoms with van der Waals surface area (Å²) < 4.78 is 5.46. The van der Waals surface area contributed by atoms with Crippen molar-refractivity contribution in [3.05, 3.63) is 36.0 Å². The van der Waals surface area contributed by atoms with Gasteiger partial charge in [-0.3, -0.25) is 5.32 Å². The highest BCUT2D eigenvalue weighted by Crippen LogP contribution is 2.32. The van der Waals surface area contributed by atoms with Gasteiger partial charge in [0.2, 0.25) is 0 Å². The van der Waals surface area contributed by atoms with Crippen LogP contribution in [0.15, 0.2) is 30.5 Å². The smallest absolute Gasteiger partial charge is 0.151 e. The summed E-state index contributed by atoms with van der Waals surface area (Å²) in [6.07, 6.45) is 12.8. The Kier molecular flexibility index (Phi) is 11.9. The SMILES string of the molecule is C#C.CC.CC.CC/C=C(\C)c1cnc(-c2ccc(N3CC(C)(C)NC4(COC4)C3)nn2)c(O)c1. The Morgan fingerprint density at radius 3 is 2.29 bits per heavy atom. The zero-order valence-corrected chi connectivity index (χ0v) is 22.7. The van der Waals surface area contributed by atoms with Crippen LogP contribution in [0.2, 0.25) is 0 Å². The number of hydrogen-bond acceptors (Lipinski definition) is 7. The standard InChI is InChI=1S/C22H29N5O2.2C2H6.C2H2/c1-5-6-15(2)16-9-18(28)20(23-10-16)17-7-8-19(25-24-17)27-11-21(3,4)26-22(12-27)13-29-14-22;3*1-2/h6-10,26,28H,5,11-14H2,1-4H3;2*1-2H3;1-2H/b15-6+;;;. The third-order valence-corrected chi connectivity index (χ3v) is 5.49. The highest BCUT2D eigenvalue weighted by atomic mass is 16.5. The predicted molar refractivity (Wildman–Crippen MR) is 146 cm³/mol. The number of pyridine rings is 1. The molecule has 2 aliphatic rings. The summed E-state index contributed by atoms with van der Waals surface area (Å²) in [6, 6.07) is 5.56. The van der Waals surface area contributed by atoms with Gasteiger partial charge in [0.25, 0.3) is 0 Å². The minimum atomic E-state index is -0.0398. The van der Waals surface area contributed by atoms with Gasteiger partial charge in [0, 0.05) is 24.8 Å². The van der Waals surface area contributed by atoms with Crippen molar-refractivity contribution in [3.63, 3.8) is 0 Å². The minimum absolute atomic E-state index is 0.0123. The second kappa shape index (κ2) is 13.8. The summed E-state index contributed by atoms with van der Waals surface area (Å²) >= 11 is 0. The molecule has 0 aromatic carbocycles. The van der Waals surface area contributed by atoms with Gasteiger partial charge in [-0.15, -0.1) is 23.0 Å². The topological polar surface area (TPSA) is 83.4 Å². The maximum absolute atomic E-state index is 10.5. The first-order chi connectivity index (χ1) is 16.8. The van der Waals surface area contributed by atoms with Crippen LogP contribution in [-0.4, -0.2) is 57.7 Å². The molecule has 4 rings (SSSR count). The molecule has 2 aromatic rings. The second-order valence-electron chi connectivity index (χ2n) is 8.80. The monoisotopic (exact) mass is 481 g/mol. The number of rotatable bonds is 4. The molecule has 0 amide bonds. The van der Waals surface area contributed by atoms with E-state index in [9.17, 15) is 5.11 Å². The molecule has 1 spiro atoms. The van der Waals surface area contributed by atoms with Gasteiger partial charge in [-0.1, -0.05) is 40.7 Å². The summed E-state index contributed by atoms with van der Waals surface area (Å²) in [5.41, 5.74) is 2.96. The highest BCUT2D eigenvalue weighted by molar-refractivity contribution is 5.69. The molecular weight excluding hydrogens is 438 g/mol. The molecule has 4 heterocycles. The normalized spacial score (nSPS) is 17.4. The van der Waals surface area contributed by atoms with Crippen molar-refractivity contribution >= 4 is 11.4 Å². The van der Waals surface area contributed by atoms with Crippen molar-refractivity contribution in [2.24, 2.45) is 0 Å². The maximum atomic E-state index is 10.5. The van der Waals surface area contributed by atoms with E-state index in [1.165, 1.54) is 0 Å². The van der Waals surface area contributed by atoms with Crippen LogP contribution in [0.1, 0.15) is 67.4 Å². The fourth-order valence-electron chi connectivity index (χ4n) is 4.28. The largest absolute Gasteiger partial charge is 0.506 e. The molecule has 7 nitrogen and oxygen atoms in total. The first kappa shape index (κ1) is 30.1. The number of hydrogen-bond donors (Lipinski definition) is 2. The molecule has 2 saturated heterocycles. The lowest BCUT2D eigenvalue weighted by atomic mass is 9.87. The van der Waals surface area contributed by atoms with Crippen molar-refractivity contribution in [1.82, 2.24) is 20.5 Å². The molecule has 0 saturated carbocycles. The van der Waals surface area contributed by atoms with Gasteiger partial charge in [-0.2, -0.15) is 0 Å². The highest BCUT2D eigenvalue weighted by Gasteiger charge is 2.48. The average molecular weight is 482 g/mol. The second-order valence-corrected chi connectivity index (χ2v) is 8.80. The van der Waals surface area contributed by atoms with E-state index in [4.69, 9.17) is 4.74 Å². The Labute approximate surface area is 212 Å². The molecule has 0 unspecified atom stereocenters. The molecule has 2 aromatic heterocycles. The van der Waals surface area contributed by atoms with E-state index in [1.54, 1.807) is 12.3 Å². The van der Waals surface area contributed by atoms with E-state index < -0.39 is 0 Å². The fraction of sp³-hybridized carbons (Fsp3) is 0.536. The van der Waals surface area contributed by atoms with Gasteiger partial charge < -0.3 is 14.7 Å². The third kappa shape index (κ3) is 7.51. The van der Waals surface area contributed by atoms with E-state index in [0.717, 1.165) is 36.5 Å². The summed E-state index contributed by atoms with van der Waals surface area (Å²) in [4.78, 5) is 6.68. The third-order valence-electron chi connectivity index (χ3n) is 5.49. The zero-order chi connectivity index (χ0) is 26.6. The van der Waals surface area contributed by atoms with Gasteiger partial charge in [0.05, 0.1) is 18.8 Å². The molecule has 192 valence electrons. The molecule has 7 heteroatoms.